The van der Waals surface area contributed by atoms with Crippen LogP contribution in [-0.2, 0) is 6.54 Å². The first-order valence-electron chi connectivity index (χ1n) is 6.35. The predicted octanol–water partition coefficient (Wildman–Crippen LogP) is 3.46. The number of rotatable bonds is 3. The van der Waals surface area contributed by atoms with Crippen LogP contribution >= 0.6 is 0 Å². The quantitative estimate of drug-likeness (QED) is 0.789. The van der Waals surface area contributed by atoms with Crippen molar-refractivity contribution in [1.29, 1.82) is 0 Å². The molecule has 0 aliphatic rings. The Morgan fingerprint density at radius 1 is 1.00 bits per heavy atom. The molecular weight excluding hydrogens is 252 g/mol. The lowest BCUT2D eigenvalue weighted by molar-refractivity contribution is 0.194. The molecule has 100 valence electrons. The van der Waals surface area contributed by atoms with E-state index in [1.165, 1.54) is 5.01 Å². The first kappa shape index (κ1) is 12.3. The molecule has 1 N–H and O–H groups in total. The van der Waals surface area contributed by atoms with Crippen LogP contribution in [0.3, 0.4) is 0 Å². The lowest BCUT2D eigenvalue weighted by Crippen LogP contribution is -2.37. The molecule has 1 amide bonds. The Balaban J connectivity index is 1.92. The second-order valence-corrected chi connectivity index (χ2v) is 4.58. The number of nitrogens with zero attached hydrogens (tertiary/aromatic N) is 2. The van der Waals surface area contributed by atoms with Crippen molar-refractivity contribution in [2.75, 3.05) is 5.01 Å². The van der Waals surface area contributed by atoms with Gasteiger partial charge in [0.15, 0.2) is 0 Å². The number of fused-ring (bicyclic) bond motifs is 1. The molecule has 0 aliphatic carbocycles. The van der Waals surface area contributed by atoms with Crippen molar-refractivity contribution in [2.45, 2.75) is 6.54 Å². The number of hydrogen-bond acceptors (Lipinski definition) is 1. The van der Waals surface area contributed by atoms with Crippen LogP contribution in [0.5, 0.6) is 0 Å². The lowest BCUT2D eigenvalue weighted by Gasteiger charge is -2.20. The van der Waals surface area contributed by atoms with Gasteiger partial charge in [-0.2, -0.15) is 0 Å². The first-order chi connectivity index (χ1) is 9.74. The fourth-order valence-electron chi connectivity index (χ4n) is 2.24. The molecule has 1 heterocycles. The molecule has 0 spiro atoms. The van der Waals surface area contributed by atoms with Crippen molar-refractivity contribution in [3.05, 3.63) is 72.6 Å². The fraction of sp³-hybridized carbons (Fsp3) is 0.0625. The molecule has 0 radical (unpaired) electrons. The molecule has 0 atom stereocenters. The van der Waals surface area contributed by atoms with E-state index in [9.17, 15) is 9.90 Å². The van der Waals surface area contributed by atoms with E-state index in [2.05, 4.69) is 0 Å². The highest BCUT2D eigenvalue weighted by molar-refractivity contribution is 5.83. The summed E-state index contributed by atoms with van der Waals surface area (Å²) >= 11 is 0. The number of benzene rings is 2. The van der Waals surface area contributed by atoms with Crippen molar-refractivity contribution >= 4 is 16.9 Å². The van der Waals surface area contributed by atoms with Gasteiger partial charge in [0.25, 0.3) is 0 Å². The number of aromatic nitrogens is 1. The van der Waals surface area contributed by atoms with Gasteiger partial charge >= 0.3 is 6.09 Å². The normalized spacial score (nSPS) is 10.6. The van der Waals surface area contributed by atoms with E-state index in [4.69, 9.17) is 0 Å². The fourth-order valence-corrected chi connectivity index (χ4v) is 2.24. The van der Waals surface area contributed by atoms with E-state index >= 15 is 0 Å². The average Bonchev–Trinajstić information content (AvgIpc) is 2.98. The third-order valence-electron chi connectivity index (χ3n) is 3.23. The van der Waals surface area contributed by atoms with Crippen LogP contribution in [0.4, 0.5) is 4.79 Å². The molecule has 1 aromatic heterocycles. The van der Waals surface area contributed by atoms with Crippen LogP contribution in [0.15, 0.2) is 67.0 Å². The van der Waals surface area contributed by atoms with Crippen LogP contribution < -0.4 is 5.01 Å². The highest BCUT2D eigenvalue weighted by Gasteiger charge is 2.13. The molecule has 2 aromatic carbocycles. The molecule has 20 heavy (non-hydrogen) atoms. The molecule has 0 saturated heterocycles. The SMILES string of the molecule is O=C(O)N(Cc1ccc2ccccc2c1)n1cccc1. The maximum absolute atomic E-state index is 11.4. The van der Waals surface area contributed by atoms with E-state index in [1.807, 2.05) is 42.5 Å². The minimum atomic E-state index is -0.977. The van der Waals surface area contributed by atoms with Crippen LogP contribution in [0.2, 0.25) is 0 Å². The molecule has 3 rings (SSSR count). The maximum atomic E-state index is 11.4. The molecule has 0 unspecified atom stereocenters. The Hall–Kier alpha value is -2.75. The van der Waals surface area contributed by atoms with Crippen molar-refractivity contribution < 1.29 is 9.90 Å². The van der Waals surface area contributed by atoms with Gasteiger partial charge in [0.05, 0.1) is 6.54 Å². The van der Waals surface area contributed by atoms with Crippen LogP contribution in [-0.4, -0.2) is 15.9 Å². The summed E-state index contributed by atoms with van der Waals surface area (Å²) in [4.78, 5) is 11.4. The van der Waals surface area contributed by atoms with Gasteiger partial charge in [-0.05, 0) is 34.5 Å². The summed E-state index contributed by atoms with van der Waals surface area (Å²) < 4.78 is 1.57. The van der Waals surface area contributed by atoms with E-state index in [0.29, 0.717) is 6.54 Å². The topological polar surface area (TPSA) is 45.5 Å². The summed E-state index contributed by atoms with van der Waals surface area (Å²) in [7, 11) is 0. The highest BCUT2D eigenvalue weighted by Crippen LogP contribution is 2.16. The van der Waals surface area contributed by atoms with Crippen molar-refractivity contribution in [3.8, 4) is 0 Å². The third-order valence-corrected chi connectivity index (χ3v) is 3.23. The maximum Gasteiger partial charge on any atom is 0.426 e. The van der Waals surface area contributed by atoms with E-state index in [1.54, 1.807) is 29.2 Å². The van der Waals surface area contributed by atoms with Gasteiger partial charge in [-0.3, -0.25) is 4.68 Å². The molecule has 3 aromatic rings. The van der Waals surface area contributed by atoms with Gasteiger partial charge in [0, 0.05) is 12.4 Å². The minimum Gasteiger partial charge on any atom is -0.464 e. The second kappa shape index (κ2) is 5.09. The van der Waals surface area contributed by atoms with E-state index in [0.717, 1.165) is 16.3 Å². The Morgan fingerprint density at radius 3 is 2.40 bits per heavy atom. The van der Waals surface area contributed by atoms with Crippen molar-refractivity contribution in [1.82, 2.24) is 4.68 Å². The largest absolute Gasteiger partial charge is 0.464 e. The predicted molar refractivity (Wildman–Crippen MR) is 78.3 cm³/mol. The van der Waals surface area contributed by atoms with Gasteiger partial charge < -0.3 is 5.11 Å². The second-order valence-electron chi connectivity index (χ2n) is 4.58. The Labute approximate surface area is 116 Å². The third kappa shape index (κ3) is 2.36. The van der Waals surface area contributed by atoms with Crippen LogP contribution in [0.1, 0.15) is 5.56 Å². The van der Waals surface area contributed by atoms with Crippen molar-refractivity contribution in [3.63, 3.8) is 0 Å². The van der Waals surface area contributed by atoms with Crippen LogP contribution in [0, 0.1) is 0 Å². The summed E-state index contributed by atoms with van der Waals surface area (Å²) in [6.07, 6.45) is 2.46. The lowest BCUT2D eigenvalue weighted by atomic mass is 10.1. The smallest absolute Gasteiger partial charge is 0.426 e. The Morgan fingerprint density at radius 2 is 1.70 bits per heavy atom. The van der Waals surface area contributed by atoms with E-state index < -0.39 is 6.09 Å². The van der Waals surface area contributed by atoms with Gasteiger partial charge in [-0.1, -0.05) is 36.4 Å². The summed E-state index contributed by atoms with van der Waals surface area (Å²) in [5.74, 6) is 0. The van der Waals surface area contributed by atoms with Gasteiger partial charge in [-0.25, -0.2) is 9.80 Å². The standard InChI is InChI=1S/C16H14N2O2/c19-16(20)18(17-9-3-4-10-17)12-13-7-8-14-5-1-2-6-15(14)11-13/h1-11H,12H2,(H,19,20). The highest BCUT2D eigenvalue weighted by atomic mass is 16.4. The molecule has 0 saturated carbocycles. The summed E-state index contributed by atoms with van der Waals surface area (Å²) in [5, 5.41) is 12.9. The molecular formula is C16H14N2O2. The Kier molecular flexibility index (Phi) is 3.13. The number of hydrogen-bond donors (Lipinski definition) is 1. The van der Waals surface area contributed by atoms with Gasteiger partial charge in [0.1, 0.15) is 0 Å². The van der Waals surface area contributed by atoms with Gasteiger partial charge in [-0.15, -0.1) is 0 Å². The Bertz CT molecular complexity index is 735. The number of amides is 1. The van der Waals surface area contributed by atoms with E-state index in [-0.39, 0.29) is 0 Å². The summed E-state index contributed by atoms with van der Waals surface area (Å²) in [6.45, 7) is 0.314. The zero-order valence-corrected chi connectivity index (χ0v) is 10.8. The average molecular weight is 266 g/mol. The van der Waals surface area contributed by atoms with Crippen molar-refractivity contribution in [2.24, 2.45) is 0 Å². The first-order valence-corrected chi connectivity index (χ1v) is 6.35. The molecule has 4 heteroatoms. The molecule has 4 nitrogen and oxygen atoms in total. The monoisotopic (exact) mass is 266 g/mol. The molecule has 0 aliphatic heterocycles. The summed E-state index contributed by atoms with van der Waals surface area (Å²) in [5.41, 5.74) is 0.958. The molecule has 0 bridgehead atoms. The summed E-state index contributed by atoms with van der Waals surface area (Å²) in [6, 6.07) is 17.6. The molecule has 0 fully saturated rings. The zero-order chi connectivity index (χ0) is 13.9. The zero-order valence-electron chi connectivity index (χ0n) is 10.8. The van der Waals surface area contributed by atoms with Gasteiger partial charge in [0.2, 0.25) is 0 Å². The minimum absolute atomic E-state index is 0.314. The number of carboxylic acid groups (broad SMARTS) is 1. The van der Waals surface area contributed by atoms with Crippen LogP contribution in [0.25, 0.3) is 10.8 Å². The number of carbonyl (C=O) groups is 1.